The molecule has 146 valence electrons. The van der Waals surface area contributed by atoms with Gasteiger partial charge in [-0.2, -0.15) is 5.26 Å². The number of carbonyl (C=O) groups excluding carboxylic acids is 1. The predicted octanol–water partition coefficient (Wildman–Crippen LogP) is 5.28. The first-order valence-electron chi connectivity index (χ1n) is 8.62. The second-order valence-corrected chi connectivity index (χ2v) is 7.94. The van der Waals surface area contributed by atoms with Crippen LogP contribution in [0.4, 0.5) is 0 Å². The average Bonchev–Trinajstić information content (AvgIpc) is 2.65. The van der Waals surface area contributed by atoms with Crippen LogP contribution in [0, 0.1) is 11.3 Å². The van der Waals surface area contributed by atoms with E-state index in [9.17, 15) is 4.79 Å². The van der Waals surface area contributed by atoms with Crippen molar-refractivity contribution in [1.29, 1.82) is 5.26 Å². The third kappa shape index (κ3) is 5.86. The Labute approximate surface area is 173 Å². The van der Waals surface area contributed by atoms with Crippen molar-refractivity contribution in [3.8, 4) is 23.3 Å². The molecule has 6 heteroatoms. The number of carbonyl (C=O) groups is 1. The number of nitriles is 1. The van der Waals surface area contributed by atoms with Gasteiger partial charge in [-0.15, -0.1) is 0 Å². The van der Waals surface area contributed by atoms with E-state index in [1.807, 2.05) is 24.3 Å². The standard InChI is InChI=1S/C22H22BrNO4/c1-22(2,3)17-13-16(23)8-10-18(17)27-14-21(25)28-19-9-7-15(6-5-11-24)12-20(19)26-4/h5-10,12-13H,14H2,1-4H3/b6-5-. The molecule has 28 heavy (non-hydrogen) atoms. The van der Waals surface area contributed by atoms with Gasteiger partial charge in [0.2, 0.25) is 0 Å². The van der Waals surface area contributed by atoms with Gasteiger partial charge in [0.15, 0.2) is 18.1 Å². The zero-order chi connectivity index (χ0) is 20.7. The van der Waals surface area contributed by atoms with E-state index in [-0.39, 0.29) is 17.8 Å². The van der Waals surface area contributed by atoms with E-state index in [4.69, 9.17) is 19.5 Å². The van der Waals surface area contributed by atoms with E-state index in [2.05, 4.69) is 36.7 Å². The first-order chi connectivity index (χ1) is 13.2. The minimum Gasteiger partial charge on any atom is -0.493 e. The van der Waals surface area contributed by atoms with Crippen molar-refractivity contribution >= 4 is 28.0 Å². The molecule has 0 bridgehead atoms. The summed E-state index contributed by atoms with van der Waals surface area (Å²) in [5, 5.41) is 8.61. The van der Waals surface area contributed by atoms with Crippen molar-refractivity contribution < 1.29 is 19.0 Å². The summed E-state index contributed by atoms with van der Waals surface area (Å²) in [5.41, 5.74) is 1.61. The molecule has 0 atom stereocenters. The summed E-state index contributed by atoms with van der Waals surface area (Å²) in [7, 11) is 1.48. The topological polar surface area (TPSA) is 68.5 Å². The van der Waals surface area contributed by atoms with Crippen molar-refractivity contribution in [3.63, 3.8) is 0 Å². The summed E-state index contributed by atoms with van der Waals surface area (Å²) < 4.78 is 17.3. The first-order valence-corrected chi connectivity index (χ1v) is 9.41. The minimum absolute atomic E-state index is 0.140. The molecule has 0 N–H and O–H groups in total. The molecule has 0 aliphatic carbocycles. The number of halogens is 1. The van der Waals surface area contributed by atoms with Crippen molar-refractivity contribution in [2.45, 2.75) is 26.2 Å². The Morgan fingerprint density at radius 2 is 1.86 bits per heavy atom. The van der Waals surface area contributed by atoms with Crippen molar-refractivity contribution in [3.05, 3.63) is 58.1 Å². The highest BCUT2D eigenvalue weighted by Crippen LogP contribution is 2.34. The lowest BCUT2D eigenvalue weighted by Gasteiger charge is -2.23. The van der Waals surface area contributed by atoms with E-state index in [1.165, 1.54) is 13.2 Å². The molecule has 0 fully saturated rings. The molecule has 0 aromatic heterocycles. The summed E-state index contributed by atoms with van der Waals surface area (Å²) in [6, 6.07) is 12.6. The Hall–Kier alpha value is -2.78. The fraction of sp³-hybridized carbons (Fsp3) is 0.273. The molecule has 5 nitrogen and oxygen atoms in total. The maximum atomic E-state index is 12.3. The number of hydrogen-bond donors (Lipinski definition) is 0. The molecular formula is C22H22BrNO4. The van der Waals surface area contributed by atoms with E-state index < -0.39 is 5.97 Å². The highest BCUT2D eigenvalue weighted by molar-refractivity contribution is 9.10. The van der Waals surface area contributed by atoms with Gasteiger partial charge >= 0.3 is 5.97 Å². The van der Waals surface area contributed by atoms with Gasteiger partial charge in [-0.25, -0.2) is 4.79 Å². The number of benzene rings is 2. The third-order valence-electron chi connectivity index (χ3n) is 3.86. The molecule has 0 unspecified atom stereocenters. The van der Waals surface area contributed by atoms with Gasteiger partial charge in [0.1, 0.15) is 5.75 Å². The van der Waals surface area contributed by atoms with Crippen LogP contribution in [0.5, 0.6) is 17.2 Å². The van der Waals surface area contributed by atoms with Crippen LogP contribution in [0.25, 0.3) is 6.08 Å². The SMILES string of the molecule is COc1cc(/C=C\C#N)ccc1OC(=O)COc1ccc(Br)cc1C(C)(C)C. The molecule has 0 heterocycles. The van der Waals surface area contributed by atoms with Crippen LogP contribution in [0.3, 0.4) is 0 Å². The van der Waals surface area contributed by atoms with Crippen LogP contribution in [0.15, 0.2) is 46.9 Å². The maximum absolute atomic E-state index is 12.3. The molecule has 2 aromatic carbocycles. The summed E-state index contributed by atoms with van der Waals surface area (Å²) in [6.07, 6.45) is 3.00. The lowest BCUT2D eigenvalue weighted by atomic mass is 9.86. The van der Waals surface area contributed by atoms with Crippen LogP contribution in [-0.2, 0) is 10.2 Å². The van der Waals surface area contributed by atoms with Crippen molar-refractivity contribution in [1.82, 2.24) is 0 Å². The molecule has 0 radical (unpaired) electrons. The van der Waals surface area contributed by atoms with E-state index in [0.29, 0.717) is 11.5 Å². The van der Waals surface area contributed by atoms with Gasteiger partial charge in [0, 0.05) is 16.1 Å². The van der Waals surface area contributed by atoms with Gasteiger partial charge < -0.3 is 14.2 Å². The van der Waals surface area contributed by atoms with Gasteiger partial charge in [-0.05, 0) is 47.4 Å². The number of rotatable bonds is 6. The molecular weight excluding hydrogens is 422 g/mol. The molecule has 0 saturated heterocycles. The highest BCUT2D eigenvalue weighted by atomic mass is 79.9. The summed E-state index contributed by atoms with van der Waals surface area (Å²) in [6.45, 7) is 6.00. The monoisotopic (exact) mass is 443 g/mol. The number of esters is 1. The second-order valence-electron chi connectivity index (χ2n) is 7.03. The van der Waals surface area contributed by atoms with Gasteiger partial charge in [-0.1, -0.05) is 42.8 Å². The van der Waals surface area contributed by atoms with Crippen molar-refractivity contribution in [2.24, 2.45) is 0 Å². The van der Waals surface area contributed by atoms with Crippen molar-refractivity contribution in [2.75, 3.05) is 13.7 Å². The smallest absolute Gasteiger partial charge is 0.349 e. The zero-order valence-electron chi connectivity index (χ0n) is 16.3. The summed E-state index contributed by atoms with van der Waals surface area (Å²) in [5.74, 6) is 0.780. The van der Waals surface area contributed by atoms with Crippen LogP contribution >= 0.6 is 15.9 Å². The quantitative estimate of drug-likeness (QED) is 0.345. The van der Waals surface area contributed by atoms with E-state index in [0.717, 1.165) is 15.6 Å². The number of allylic oxidation sites excluding steroid dienone is 1. The molecule has 0 saturated carbocycles. The fourth-order valence-corrected chi connectivity index (χ4v) is 2.87. The molecule has 2 rings (SSSR count). The van der Waals surface area contributed by atoms with Crippen LogP contribution in [0.1, 0.15) is 31.9 Å². The van der Waals surface area contributed by atoms with Gasteiger partial charge in [-0.3, -0.25) is 0 Å². The number of hydrogen-bond acceptors (Lipinski definition) is 5. The van der Waals surface area contributed by atoms with E-state index in [1.54, 1.807) is 24.3 Å². The largest absolute Gasteiger partial charge is 0.493 e. The van der Waals surface area contributed by atoms with Crippen LogP contribution in [-0.4, -0.2) is 19.7 Å². The average molecular weight is 444 g/mol. The molecule has 0 aliphatic rings. The predicted molar refractivity (Wildman–Crippen MR) is 112 cm³/mol. The lowest BCUT2D eigenvalue weighted by Crippen LogP contribution is -2.20. The Balaban J connectivity index is 2.10. The maximum Gasteiger partial charge on any atom is 0.349 e. The first kappa shape index (κ1) is 21.5. The summed E-state index contributed by atoms with van der Waals surface area (Å²) in [4.78, 5) is 12.3. The second kappa shape index (κ2) is 9.43. The van der Waals surface area contributed by atoms with Gasteiger partial charge in [0.05, 0.1) is 13.2 Å². The normalized spacial score (nSPS) is 11.1. The summed E-state index contributed by atoms with van der Waals surface area (Å²) >= 11 is 3.47. The minimum atomic E-state index is -0.540. The molecule has 2 aromatic rings. The Morgan fingerprint density at radius 1 is 1.14 bits per heavy atom. The number of methoxy groups -OCH3 is 1. The van der Waals surface area contributed by atoms with Gasteiger partial charge in [0.25, 0.3) is 0 Å². The van der Waals surface area contributed by atoms with E-state index >= 15 is 0 Å². The Morgan fingerprint density at radius 3 is 2.50 bits per heavy atom. The number of nitrogens with zero attached hydrogens (tertiary/aromatic N) is 1. The van der Waals surface area contributed by atoms with Crippen LogP contribution in [0.2, 0.25) is 0 Å². The third-order valence-corrected chi connectivity index (χ3v) is 4.35. The Kier molecular flexibility index (Phi) is 7.24. The number of ether oxygens (including phenoxy) is 3. The highest BCUT2D eigenvalue weighted by Gasteiger charge is 2.20. The molecule has 0 aliphatic heterocycles. The fourth-order valence-electron chi connectivity index (χ4n) is 2.51. The molecule has 0 amide bonds. The van der Waals surface area contributed by atoms with Crippen LogP contribution < -0.4 is 14.2 Å². The lowest BCUT2D eigenvalue weighted by molar-refractivity contribution is -0.136. The molecule has 0 spiro atoms. The zero-order valence-corrected chi connectivity index (χ0v) is 17.9. The Bertz CT molecular complexity index is 923.